The maximum absolute atomic E-state index is 12.6. The lowest BCUT2D eigenvalue weighted by atomic mass is 9.91. The van der Waals surface area contributed by atoms with Crippen molar-refractivity contribution in [2.24, 2.45) is 5.41 Å². The standard InChI is InChI=1S/C7H16.C6H12F2O.C6H12F2.C6H13FO.C5H10F2.C5H11F.CH4/c1-5-6-7(2,3)4;1-3-4-6(7,8)5-9-2;1-3-5-6(7,8)4-2;1-3-4-6(2,7)5-8;1-3-4-5(2,6)7;1-3-4-5(2)6;/h5-6H2,1-4H3;3-5H2,1-2H3;3-5H2,1-2H3;8H,3-5H2,1-2H3;3-4H2,1-2H3;5H,3-4H2,1-2H3;1H4. The third-order valence-electron chi connectivity index (χ3n) is 5.58. The van der Waals surface area contributed by atoms with Crippen LogP contribution in [-0.4, -0.2) is 55.0 Å². The first-order valence-corrected chi connectivity index (χ1v) is 16.8. The van der Waals surface area contributed by atoms with Crippen LogP contribution in [0.5, 0.6) is 0 Å². The van der Waals surface area contributed by atoms with E-state index in [1.807, 2.05) is 13.8 Å². The smallest absolute Gasteiger partial charge is 0.270 e. The number of hydrogen-bond donors (Lipinski definition) is 1. The molecule has 0 fully saturated rings. The molecule has 0 aliphatic heterocycles. The van der Waals surface area contributed by atoms with Crippen molar-refractivity contribution in [3.63, 3.8) is 0 Å². The van der Waals surface area contributed by atoms with Crippen LogP contribution in [0.4, 0.5) is 35.1 Å². The lowest BCUT2D eigenvalue weighted by Gasteiger charge is -2.15. The van der Waals surface area contributed by atoms with Crippen LogP contribution in [-0.2, 0) is 4.74 Å². The minimum atomic E-state index is -2.62. The second-order valence-corrected chi connectivity index (χ2v) is 13.0. The predicted octanol–water partition coefficient (Wildman–Crippen LogP) is 14.5. The van der Waals surface area contributed by atoms with Crippen molar-refractivity contribution < 1.29 is 45.0 Å². The number of ether oxygens (including phenoxy) is 1. The van der Waals surface area contributed by atoms with Gasteiger partial charge in [0, 0.05) is 32.8 Å². The van der Waals surface area contributed by atoms with E-state index in [0.717, 1.165) is 19.8 Å². The Kier molecular flexibility index (Phi) is 47.0. The summed E-state index contributed by atoms with van der Waals surface area (Å²) >= 11 is 0. The molecule has 0 saturated heterocycles. The first kappa shape index (κ1) is 60.7. The van der Waals surface area contributed by atoms with E-state index < -0.39 is 36.2 Å². The molecule has 0 aromatic rings. The highest BCUT2D eigenvalue weighted by molar-refractivity contribution is 4.69. The Hall–Kier alpha value is -0.640. The van der Waals surface area contributed by atoms with Gasteiger partial charge >= 0.3 is 0 Å². The summed E-state index contributed by atoms with van der Waals surface area (Å²) in [4.78, 5) is 0. The highest BCUT2D eigenvalue weighted by atomic mass is 19.3. The molecule has 0 aromatic carbocycles. The molecule has 290 valence electrons. The molecule has 46 heavy (non-hydrogen) atoms. The molecular weight excluding hydrogens is 616 g/mol. The summed E-state index contributed by atoms with van der Waals surface area (Å²) in [5, 5.41) is 8.35. The van der Waals surface area contributed by atoms with Gasteiger partial charge in [-0.25, -0.2) is 35.1 Å². The predicted molar refractivity (Wildman–Crippen MR) is 185 cm³/mol. The molecular formula is C36H78F8O2. The molecule has 0 saturated carbocycles. The number of alkyl halides is 8. The van der Waals surface area contributed by atoms with Gasteiger partial charge in [-0.05, 0) is 45.4 Å². The lowest BCUT2D eigenvalue weighted by Crippen LogP contribution is -2.22. The first-order valence-electron chi connectivity index (χ1n) is 16.8. The van der Waals surface area contributed by atoms with Crippen LogP contribution in [0.1, 0.15) is 181 Å². The Morgan fingerprint density at radius 3 is 1.07 bits per heavy atom. The minimum absolute atomic E-state index is 0. The Morgan fingerprint density at radius 2 is 0.957 bits per heavy atom. The summed E-state index contributed by atoms with van der Waals surface area (Å²) in [5.74, 6) is -7.48. The van der Waals surface area contributed by atoms with Crippen molar-refractivity contribution in [1.29, 1.82) is 0 Å². The Labute approximate surface area is 281 Å². The molecule has 2 atom stereocenters. The van der Waals surface area contributed by atoms with Crippen LogP contribution in [0.15, 0.2) is 0 Å². The highest BCUT2D eigenvalue weighted by Crippen LogP contribution is 2.23. The van der Waals surface area contributed by atoms with Gasteiger partial charge in [-0.1, -0.05) is 115 Å². The molecule has 0 spiro atoms. The Balaban J connectivity index is -0.0000000794. The van der Waals surface area contributed by atoms with Crippen molar-refractivity contribution in [1.82, 2.24) is 0 Å². The molecule has 0 aromatic heterocycles. The van der Waals surface area contributed by atoms with Crippen molar-refractivity contribution in [3.8, 4) is 0 Å². The zero-order chi connectivity index (χ0) is 37.4. The number of methoxy groups -OCH3 is 1. The van der Waals surface area contributed by atoms with E-state index in [-0.39, 0.29) is 39.7 Å². The van der Waals surface area contributed by atoms with E-state index in [1.54, 1.807) is 27.7 Å². The number of aliphatic hydroxyl groups excluding tert-OH is 1. The maximum atomic E-state index is 12.6. The molecule has 1 N–H and O–H groups in total. The Morgan fingerprint density at radius 1 is 0.587 bits per heavy atom. The topological polar surface area (TPSA) is 29.5 Å². The summed E-state index contributed by atoms with van der Waals surface area (Å²) in [6.07, 6.45) is 6.50. The summed E-state index contributed by atoms with van der Waals surface area (Å²) in [7, 11) is 1.28. The Bertz CT molecular complexity index is 517. The number of aliphatic hydroxyl groups is 1. The van der Waals surface area contributed by atoms with Gasteiger partial charge in [-0.3, -0.25) is 0 Å². The second kappa shape index (κ2) is 35.7. The van der Waals surface area contributed by atoms with E-state index in [9.17, 15) is 35.1 Å². The van der Waals surface area contributed by atoms with E-state index in [4.69, 9.17) is 5.11 Å². The molecule has 2 nitrogen and oxygen atoms in total. The van der Waals surface area contributed by atoms with Crippen LogP contribution in [0.2, 0.25) is 0 Å². The van der Waals surface area contributed by atoms with Crippen LogP contribution in [0.3, 0.4) is 0 Å². The fourth-order valence-corrected chi connectivity index (χ4v) is 3.38. The zero-order valence-electron chi connectivity index (χ0n) is 31.6. The molecule has 0 aliphatic rings. The van der Waals surface area contributed by atoms with Crippen LogP contribution in [0, 0.1) is 5.41 Å². The lowest BCUT2D eigenvalue weighted by molar-refractivity contribution is -0.0700. The maximum Gasteiger partial charge on any atom is 0.270 e. The average Bonchev–Trinajstić information content (AvgIpc) is 2.84. The normalized spacial score (nSPS) is 13.1. The minimum Gasteiger partial charge on any atom is -0.393 e. The fourth-order valence-electron chi connectivity index (χ4n) is 3.38. The van der Waals surface area contributed by atoms with E-state index >= 15 is 0 Å². The van der Waals surface area contributed by atoms with Crippen LogP contribution in [0.25, 0.3) is 0 Å². The van der Waals surface area contributed by atoms with Gasteiger partial charge in [-0.15, -0.1) is 0 Å². The zero-order valence-corrected chi connectivity index (χ0v) is 31.6. The number of rotatable bonds is 15. The average molecular weight is 695 g/mol. The van der Waals surface area contributed by atoms with E-state index in [2.05, 4.69) is 32.4 Å². The van der Waals surface area contributed by atoms with Crippen molar-refractivity contribution >= 4 is 0 Å². The second-order valence-electron chi connectivity index (χ2n) is 13.0. The van der Waals surface area contributed by atoms with Gasteiger partial charge in [0.1, 0.15) is 12.3 Å². The summed E-state index contributed by atoms with van der Waals surface area (Å²) in [6, 6.07) is 0. The third-order valence-corrected chi connectivity index (χ3v) is 5.58. The van der Waals surface area contributed by atoms with Crippen molar-refractivity contribution in [2.75, 3.05) is 20.3 Å². The van der Waals surface area contributed by atoms with Crippen LogP contribution >= 0.6 is 0 Å². The van der Waals surface area contributed by atoms with E-state index in [1.165, 1.54) is 33.8 Å². The summed E-state index contributed by atoms with van der Waals surface area (Å²) in [6.45, 7) is 22.8. The molecule has 0 heterocycles. The molecule has 0 radical (unpaired) electrons. The number of halogens is 8. The summed E-state index contributed by atoms with van der Waals surface area (Å²) in [5.41, 5.74) is -0.802. The van der Waals surface area contributed by atoms with E-state index in [0.29, 0.717) is 37.5 Å². The molecule has 10 heteroatoms. The van der Waals surface area contributed by atoms with Gasteiger partial charge in [0.25, 0.3) is 5.92 Å². The SMILES string of the molecule is C.CCCC(C)(C)C.CCCC(C)(F)CO.CCCC(C)(F)F.CCCC(C)F.CCCC(F)(F)CC.CCCC(F)(F)COC. The van der Waals surface area contributed by atoms with Gasteiger partial charge < -0.3 is 9.84 Å². The third kappa shape index (κ3) is 74.3. The molecule has 2 unspecified atom stereocenters. The van der Waals surface area contributed by atoms with Gasteiger partial charge in [0.2, 0.25) is 11.8 Å². The molecule has 0 rings (SSSR count). The largest absolute Gasteiger partial charge is 0.393 e. The van der Waals surface area contributed by atoms with Gasteiger partial charge in [0.15, 0.2) is 0 Å². The molecule has 0 aliphatic carbocycles. The quantitative estimate of drug-likeness (QED) is 0.173. The van der Waals surface area contributed by atoms with Crippen LogP contribution < -0.4 is 0 Å². The van der Waals surface area contributed by atoms with Crippen molar-refractivity contribution in [3.05, 3.63) is 0 Å². The monoisotopic (exact) mass is 695 g/mol. The number of hydrogen-bond acceptors (Lipinski definition) is 2. The molecule has 0 amide bonds. The van der Waals surface area contributed by atoms with Gasteiger partial charge in [0.05, 0.1) is 12.8 Å². The molecule has 0 bridgehead atoms. The first-order chi connectivity index (χ1) is 20.3. The highest BCUT2D eigenvalue weighted by Gasteiger charge is 2.26. The fraction of sp³-hybridized carbons (Fsp3) is 1.00. The summed E-state index contributed by atoms with van der Waals surface area (Å²) < 4.78 is 101. The van der Waals surface area contributed by atoms with Gasteiger partial charge in [-0.2, -0.15) is 0 Å². The van der Waals surface area contributed by atoms with Crippen molar-refractivity contribution in [2.45, 2.75) is 211 Å².